The van der Waals surface area contributed by atoms with Gasteiger partial charge in [-0.3, -0.25) is 4.79 Å². The van der Waals surface area contributed by atoms with Gasteiger partial charge in [0.05, 0.1) is 0 Å². The van der Waals surface area contributed by atoms with E-state index < -0.39 is 5.82 Å². The van der Waals surface area contributed by atoms with E-state index in [2.05, 4.69) is 4.98 Å². The number of para-hydroxylation sites is 1. The molecule has 0 bridgehead atoms. The lowest BCUT2D eigenvalue weighted by Gasteiger charge is -1.85. The van der Waals surface area contributed by atoms with Gasteiger partial charge in [0.25, 0.3) is 5.89 Å². The van der Waals surface area contributed by atoms with Gasteiger partial charge in [-0.05, 0) is 12.1 Å². The number of Topliss-reactive ketones (excluding diaryl/α,β-unsaturated/α-hetero) is 1. The fourth-order valence-corrected chi connectivity index (χ4v) is 1.07. The van der Waals surface area contributed by atoms with E-state index in [1.54, 1.807) is 6.07 Å². The van der Waals surface area contributed by atoms with Gasteiger partial charge in [0.15, 0.2) is 11.4 Å². The van der Waals surface area contributed by atoms with Crippen LogP contribution >= 0.6 is 0 Å². The van der Waals surface area contributed by atoms with Crippen molar-refractivity contribution in [3.05, 3.63) is 29.9 Å². The average molecular weight is 179 g/mol. The minimum Gasteiger partial charge on any atom is -0.434 e. The van der Waals surface area contributed by atoms with Crippen LogP contribution in [0.4, 0.5) is 4.39 Å². The Labute approximate surface area is 73.2 Å². The van der Waals surface area contributed by atoms with Gasteiger partial charge >= 0.3 is 0 Å². The number of aromatic nitrogens is 1. The van der Waals surface area contributed by atoms with Crippen LogP contribution in [0.1, 0.15) is 17.6 Å². The minimum absolute atomic E-state index is 0.0555. The molecule has 0 aliphatic heterocycles. The van der Waals surface area contributed by atoms with Crippen LogP contribution in [-0.2, 0) is 0 Å². The number of fused-ring (bicyclic) bond motifs is 1. The van der Waals surface area contributed by atoms with Gasteiger partial charge in [0.1, 0.15) is 5.52 Å². The van der Waals surface area contributed by atoms with Gasteiger partial charge in [-0.25, -0.2) is 9.37 Å². The van der Waals surface area contributed by atoms with Crippen molar-refractivity contribution in [2.24, 2.45) is 0 Å². The smallest absolute Gasteiger partial charge is 0.264 e. The number of ketones is 1. The Kier molecular flexibility index (Phi) is 1.62. The monoisotopic (exact) mass is 179 g/mol. The Bertz CT molecular complexity index is 475. The highest BCUT2D eigenvalue weighted by molar-refractivity contribution is 5.92. The maximum atomic E-state index is 13.0. The first kappa shape index (κ1) is 7.91. The maximum Gasteiger partial charge on any atom is 0.264 e. The molecule has 0 radical (unpaired) electrons. The summed E-state index contributed by atoms with van der Waals surface area (Å²) in [6, 6.07) is 4.35. The molecule has 0 spiro atoms. The molecule has 0 aliphatic carbocycles. The Morgan fingerprint density at radius 3 is 2.92 bits per heavy atom. The third kappa shape index (κ3) is 1.20. The number of hydrogen-bond donors (Lipinski definition) is 0. The van der Waals surface area contributed by atoms with Crippen molar-refractivity contribution >= 4 is 16.9 Å². The largest absolute Gasteiger partial charge is 0.434 e. The van der Waals surface area contributed by atoms with Crippen molar-refractivity contribution in [1.82, 2.24) is 4.98 Å². The van der Waals surface area contributed by atoms with Crippen molar-refractivity contribution in [1.29, 1.82) is 0 Å². The summed E-state index contributed by atoms with van der Waals surface area (Å²) >= 11 is 0. The molecule has 3 nitrogen and oxygen atoms in total. The highest BCUT2D eigenvalue weighted by atomic mass is 19.1. The molecule has 1 aromatic heterocycles. The third-order valence-electron chi connectivity index (χ3n) is 1.67. The highest BCUT2D eigenvalue weighted by Gasteiger charge is 2.11. The molecule has 0 unspecified atom stereocenters. The van der Waals surface area contributed by atoms with E-state index in [0.29, 0.717) is 5.58 Å². The van der Waals surface area contributed by atoms with Crippen LogP contribution in [0, 0.1) is 5.82 Å². The van der Waals surface area contributed by atoms with Crippen molar-refractivity contribution in [2.45, 2.75) is 6.92 Å². The van der Waals surface area contributed by atoms with Gasteiger partial charge in [0.2, 0.25) is 5.78 Å². The predicted molar refractivity (Wildman–Crippen MR) is 44.0 cm³/mol. The average Bonchev–Trinajstić information content (AvgIpc) is 2.49. The van der Waals surface area contributed by atoms with E-state index in [4.69, 9.17) is 4.42 Å². The molecule has 0 aliphatic rings. The zero-order valence-corrected chi connectivity index (χ0v) is 6.87. The van der Waals surface area contributed by atoms with Gasteiger partial charge in [-0.15, -0.1) is 0 Å². The molecule has 66 valence electrons. The Hall–Kier alpha value is -1.71. The zero-order valence-electron chi connectivity index (χ0n) is 6.87. The fourth-order valence-electron chi connectivity index (χ4n) is 1.07. The van der Waals surface area contributed by atoms with Crippen LogP contribution in [0.2, 0.25) is 0 Å². The van der Waals surface area contributed by atoms with Gasteiger partial charge in [0, 0.05) is 6.92 Å². The Morgan fingerprint density at radius 2 is 2.31 bits per heavy atom. The van der Waals surface area contributed by atoms with Crippen molar-refractivity contribution in [3.63, 3.8) is 0 Å². The highest BCUT2D eigenvalue weighted by Crippen LogP contribution is 2.18. The normalized spacial score (nSPS) is 10.6. The third-order valence-corrected chi connectivity index (χ3v) is 1.67. The summed E-state index contributed by atoms with van der Waals surface area (Å²) in [7, 11) is 0. The second kappa shape index (κ2) is 2.65. The summed E-state index contributed by atoms with van der Waals surface area (Å²) in [5.41, 5.74) is 0.401. The molecule has 2 aromatic rings. The molecule has 2 rings (SSSR count). The Morgan fingerprint density at radius 1 is 1.54 bits per heavy atom. The SMILES string of the molecule is CC(=O)c1nc2c(F)cccc2o1. The molecular formula is C9H6FNO2. The topological polar surface area (TPSA) is 43.1 Å². The first-order valence-corrected chi connectivity index (χ1v) is 3.74. The number of carbonyl (C=O) groups excluding carboxylic acids is 1. The molecule has 13 heavy (non-hydrogen) atoms. The number of halogens is 1. The van der Waals surface area contributed by atoms with Gasteiger partial charge in [-0.1, -0.05) is 6.07 Å². The van der Waals surface area contributed by atoms with Gasteiger partial charge in [-0.2, -0.15) is 0 Å². The first-order chi connectivity index (χ1) is 6.18. The summed E-state index contributed by atoms with van der Waals surface area (Å²) < 4.78 is 18.0. The van der Waals surface area contributed by atoms with Crippen LogP contribution in [-0.4, -0.2) is 10.8 Å². The van der Waals surface area contributed by atoms with Gasteiger partial charge < -0.3 is 4.42 Å². The number of carbonyl (C=O) groups is 1. The predicted octanol–water partition coefficient (Wildman–Crippen LogP) is 2.17. The van der Waals surface area contributed by atoms with Crippen LogP contribution in [0.3, 0.4) is 0 Å². The lowest BCUT2D eigenvalue weighted by molar-refractivity contribution is 0.0983. The number of oxazole rings is 1. The lowest BCUT2D eigenvalue weighted by atomic mass is 10.3. The van der Waals surface area contributed by atoms with E-state index in [1.807, 2.05) is 0 Å². The second-order valence-corrected chi connectivity index (χ2v) is 2.66. The minimum atomic E-state index is -0.478. The number of nitrogens with zero attached hydrogens (tertiary/aromatic N) is 1. The zero-order chi connectivity index (χ0) is 9.42. The molecule has 0 amide bonds. The molecule has 4 heteroatoms. The summed E-state index contributed by atoms with van der Waals surface area (Å²) in [4.78, 5) is 14.6. The summed E-state index contributed by atoms with van der Waals surface area (Å²) in [5.74, 6) is -0.843. The van der Waals surface area contributed by atoms with Crippen molar-refractivity contribution in [3.8, 4) is 0 Å². The molecule has 0 saturated heterocycles. The van der Waals surface area contributed by atoms with E-state index in [1.165, 1.54) is 19.1 Å². The summed E-state index contributed by atoms with van der Waals surface area (Å²) in [5, 5.41) is 0. The van der Waals surface area contributed by atoms with Crippen molar-refractivity contribution in [2.75, 3.05) is 0 Å². The fraction of sp³-hybridized carbons (Fsp3) is 0.111. The van der Waals surface area contributed by atoms with Crippen LogP contribution in [0.25, 0.3) is 11.1 Å². The van der Waals surface area contributed by atoms with E-state index in [-0.39, 0.29) is 17.2 Å². The molecular weight excluding hydrogens is 173 g/mol. The molecule has 1 aromatic carbocycles. The van der Waals surface area contributed by atoms with Crippen molar-refractivity contribution < 1.29 is 13.6 Å². The quantitative estimate of drug-likeness (QED) is 0.630. The number of hydrogen-bond acceptors (Lipinski definition) is 3. The van der Waals surface area contributed by atoms with Crippen LogP contribution in [0.15, 0.2) is 22.6 Å². The molecule has 0 N–H and O–H groups in total. The van der Waals surface area contributed by atoms with E-state index in [0.717, 1.165) is 0 Å². The Balaban J connectivity index is 2.75. The second-order valence-electron chi connectivity index (χ2n) is 2.66. The molecule has 0 saturated carbocycles. The van der Waals surface area contributed by atoms with Crippen LogP contribution in [0.5, 0.6) is 0 Å². The lowest BCUT2D eigenvalue weighted by Crippen LogP contribution is -1.90. The molecule has 0 atom stereocenters. The summed E-state index contributed by atoms with van der Waals surface area (Å²) in [6.45, 7) is 1.32. The number of benzene rings is 1. The maximum absolute atomic E-state index is 13.0. The molecule has 1 heterocycles. The first-order valence-electron chi connectivity index (χ1n) is 3.74. The number of rotatable bonds is 1. The van der Waals surface area contributed by atoms with E-state index >= 15 is 0 Å². The summed E-state index contributed by atoms with van der Waals surface area (Å²) in [6.07, 6.45) is 0. The standard InChI is InChI=1S/C9H6FNO2/c1-5(12)9-11-8-6(10)3-2-4-7(8)13-9/h2-4H,1H3. The van der Waals surface area contributed by atoms with E-state index in [9.17, 15) is 9.18 Å². The molecule has 0 fully saturated rings. The van der Waals surface area contributed by atoms with Crippen LogP contribution < -0.4 is 0 Å².